The molecule has 0 atom stereocenters. The number of piperidine rings is 1. The van der Waals surface area contributed by atoms with Crippen LogP contribution in [0.1, 0.15) is 19.3 Å². The molecule has 21 heavy (non-hydrogen) atoms. The molecule has 1 aliphatic heterocycles. The molecule has 1 saturated heterocycles. The molecule has 1 N–H and O–H groups in total. The second-order valence-electron chi connectivity index (χ2n) is 5.20. The number of aromatic nitrogens is 1. The zero-order chi connectivity index (χ0) is 15.0. The Morgan fingerprint density at radius 3 is 2.48 bits per heavy atom. The van der Waals surface area contributed by atoms with Crippen molar-refractivity contribution in [3.8, 4) is 0 Å². The number of anilines is 2. The second-order valence-corrected chi connectivity index (χ2v) is 5.20. The molecule has 3 nitrogen and oxygen atoms in total. The zero-order valence-corrected chi connectivity index (χ0v) is 11.7. The van der Waals surface area contributed by atoms with Crippen LogP contribution in [0, 0.1) is 17.5 Å². The maximum absolute atomic E-state index is 14.2. The Kier molecular flexibility index (Phi) is 3.61. The van der Waals surface area contributed by atoms with Crippen LogP contribution >= 0.6 is 0 Å². The summed E-state index contributed by atoms with van der Waals surface area (Å²) in [5.74, 6) is -3.29. The van der Waals surface area contributed by atoms with Crippen LogP contribution in [0.15, 0.2) is 12.3 Å². The van der Waals surface area contributed by atoms with Gasteiger partial charge in [0.1, 0.15) is 5.82 Å². The molecule has 1 fully saturated rings. The third-order valence-electron chi connectivity index (χ3n) is 3.91. The molecule has 1 aromatic carbocycles. The van der Waals surface area contributed by atoms with Crippen LogP contribution in [0.2, 0.25) is 0 Å². The Bertz CT molecular complexity index is 682. The predicted octanol–water partition coefficient (Wildman–Crippen LogP) is 3.68. The minimum atomic E-state index is -1.45. The first-order valence-corrected chi connectivity index (χ1v) is 7.02. The zero-order valence-electron chi connectivity index (χ0n) is 11.7. The van der Waals surface area contributed by atoms with Gasteiger partial charge in [-0.25, -0.2) is 18.2 Å². The number of benzene rings is 1. The third-order valence-corrected chi connectivity index (χ3v) is 3.91. The topological polar surface area (TPSA) is 28.2 Å². The number of nitrogens with zero attached hydrogens (tertiary/aromatic N) is 2. The third kappa shape index (κ3) is 2.28. The number of fused-ring (bicyclic) bond motifs is 1. The Morgan fingerprint density at radius 2 is 1.81 bits per heavy atom. The van der Waals surface area contributed by atoms with E-state index in [1.165, 1.54) is 6.20 Å². The molecule has 0 saturated carbocycles. The standard InChI is InChI=1S/C15H16F3N3/c1-19-11-8-20-15(21-5-3-2-4-6-21)9-7-10(16)13(17)14(18)12(9)11/h7-8,19H,2-6H2,1H3. The minimum absolute atomic E-state index is 0.0481. The molecule has 1 aliphatic rings. The van der Waals surface area contributed by atoms with Gasteiger partial charge in [0, 0.05) is 30.9 Å². The van der Waals surface area contributed by atoms with Gasteiger partial charge in [0.25, 0.3) is 0 Å². The van der Waals surface area contributed by atoms with E-state index in [0.29, 0.717) is 16.9 Å². The van der Waals surface area contributed by atoms with Gasteiger partial charge in [0.05, 0.1) is 11.9 Å². The van der Waals surface area contributed by atoms with Crippen LogP contribution in [0.4, 0.5) is 24.7 Å². The summed E-state index contributed by atoms with van der Waals surface area (Å²) in [6.07, 6.45) is 4.64. The predicted molar refractivity (Wildman–Crippen MR) is 77.2 cm³/mol. The van der Waals surface area contributed by atoms with Crippen LogP contribution in [0.5, 0.6) is 0 Å². The molecule has 0 radical (unpaired) electrons. The lowest BCUT2D eigenvalue weighted by atomic mass is 10.1. The fourth-order valence-corrected chi connectivity index (χ4v) is 2.84. The van der Waals surface area contributed by atoms with Gasteiger partial charge < -0.3 is 10.2 Å². The molecule has 1 aromatic heterocycles. The summed E-state index contributed by atoms with van der Waals surface area (Å²) >= 11 is 0. The summed E-state index contributed by atoms with van der Waals surface area (Å²) in [7, 11) is 1.59. The first-order valence-electron chi connectivity index (χ1n) is 7.02. The van der Waals surface area contributed by atoms with E-state index in [-0.39, 0.29) is 5.39 Å². The maximum Gasteiger partial charge on any atom is 0.195 e. The molecule has 112 valence electrons. The van der Waals surface area contributed by atoms with Gasteiger partial charge in [-0.05, 0) is 25.3 Å². The molecule has 0 amide bonds. The molecule has 0 bridgehead atoms. The van der Waals surface area contributed by atoms with Crippen molar-refractivity contribution in [2.24, 2.45) is 0 Å². The van der Waals surface area contributed by atoms with E-state index in [1.807, 2.05) is 4.90 Å². The average molecular weight is 295 g/mol. The summed E-state index contributed by atoms with van der Waals surface area (Å²) in [4.78, 5) is 6.32. The van der Waals surface area contributed by atoms with Crippen LogP contribution in [0.25, 0.3) is 10.8 Å². The van der Waals surface area contributed by atoms with Crippen LogP contribution < -0.4 is 10.2 Å². The average Bonchev–Trinajstić information content (AvgIpc) is 2.52. The lowest BCUT2D eigenvalue weighted by Crippen LogP contribution is -2.30. The van der Waals surface area contributed by atoms with Crippen molar-refractivity contribution >= 4 is 22.3 Å². The van der Waals surface area contributed by atoms with Crippen molar-refractivity contribution in [3.63, 3.8) is 0 Å². The van der Waals surface area contributed by atoms with Gasteiger partial charge in [0.2, 0.25) is 0 Å². The smallest absolute Gasteiger partial charge is 0.195 e. The van der Waals surface area contributed by atoms with Crippen molar-refractivity contribution in [1.29, 1.82) is 0 Å². The van der Waals surface area contributed by atoms with Crippen molar-refractivity contribution in [2.45, 2.75) is 19.3 Å². The first-order chi connectivity index (χ1) is 10.1. The highest BCUT2D eigenvalue weighted by molar-refractivity contribution is 6.00. The number of nitrogens with one attached hydrogen (secondary N) is 1. The Hall–Kier alpha value is -1.98. The fraction of sp³-hybridized carbons (Fsp3) is 0.400. The molecule has 2 heterocycles. The van der Waals surface area contributed by atoms with Crippen molar-refractivity contribution < 1.29 is 13.2 Å². The van der Waals surface area contributed by atoms with Gasteiger partial charge in [0.15, 0.2) is 17.5 Å². The lowest BCUT2D eigenvalue weighted by Gasteiger charge is -2.29. The van der Waals surface area contributed by atoms with E-state index in [0.717, 1.165) is 38.4 Å². The van der Waals surface area contributed by atoms with E-state index in [4.69, 9.17) is 0 Å². The monoisotopic (exact) mass is 295 g/mol. The highest BCUT2D eigenvalue weighted by Crippen LogP contribution is 2.35. The number of halogens is 3. The highest BCUT2D eigenvalue weighted by atomic mass is 19.2. The molecule has 0 aliphatic carbocycles. The summed E-state index contributed by atoms with van der Waals surface area (Å²) in [6, 6.07) is 1.03. The first kappa shape index (κ1) is 14.0. The normalized spacial score (nSPS) is 15.5. The van der Waals surface area contributed by atoms with E-state index in [2.05, 4.69) is 10.3 Å². The SMILES string of the molecule is CNc1cnc(N2CCCCC2)c2cc(F)c(F)c(F)c12. The molecule has 3 rings (SSSR count). The second kappa shape index (κ2) is 5.42. The molecular weight excluding hydrogens is 279 g/mol. The van der Waals surface area contributed by atoms with E-state index in [9.17, 15) is 13.2 Å². The fourth-order valence-electron chi connectivity index (χ4n) is 2.84. The van der Waals surface area contributed by atoms with Crippen LogP contribution in [-0.2, 0) is 0 Å². The van der Waals surface area contributed by atoms with Gasteiger partial charge in [-0.3, -0.25) is 0 Å². The quantitative estimate of drug-likeness (QED) is 0.857. The maximum atomic E-state index is 14.2. The van der Waals surface area contributed by atoms with Gasteiger partial charge in [-0.2, -0.15) is 0 Å². The van der Waals surface area contributed by atoms with Gasteiger partial charge >= 0.3 is 0 Å². The van der Waals surface area contributed by atoms with Crippen molar-refractivity contribution in [2.75, 3.05) is 30.4 Å². The van der Waals surface area contributed by atoms with Crippen LogP contribution in [0.3, 0.4) is 0 Å². The number of pyridine rings is 1. The summed E-state index contributed by atoms with van der Waals surface area (Å²) < 4.78 is 41.3. The highest BCUT2D eigenvalue weighted by Gasteiger charge is 2.22. The summed E-state index contributed by atoms with van der Waals surface area (Å²) in [5, 5.41) is 3.13. The molecule has 6 heteroatoms. The van der Waals surface area contributed by atoms with Gasteiger partial charge in [-0.1, -0.05) is 0 Å². The Morgan fingerprint density at radius 1 is 1.10 bits per heavy atom. The minimum Gasteiger partial charge on any atom is -0.386 e. The number of hydrogen-bond acceptors (Lipinski definition) is 3. The van der Waals surface area contributed by atoms with Crippen LogP contribution in [-0.4, -0.2) is 25.1 Å². The Labute approximate surface area is 120 Å². The molecule has 0 spiro atoms. The molecule has 0 unspecified atom stereocenters. The van der Waals surface area contributed by atoms with E-state index >= 15 is 0 Å². The number of hydrogen-bond donors (Lipinski definition) is 1. The van der Waals surface area contributed by atoms with E-state index in [1.54, 1.807) is 7.05 Å². The van der Waals surface area contributed by atoms with Gasteiger partial charge in [-0.15, -0.1) is 0 Å². The molecule has 2 aromatic rings. The lowest BCUT2D eigenvalue weighted by molar-refractivity contribution is 0.453. The van der Waals surface area contributed by atoms with E-state index < -0.39 is 17.5 Å². The summed E-state index contributed by atoms with van der Waals surface area (Å²) in [6.45, 7) is 1.59. The largest absolute Gasteiger partial charge is 0.386 e. The number of rotatable bonds is 2. The van der Waals surface area contributed by atoms with Crippen molar-refractivity contribution in [1.82, 2.24) is 4.98 Å². The Balaban J connectivity index is 2.27. The molecular formula is C15H16F3N3. The van der Waals surface area contributed by atoms with Crippen molar-refractivity contribution in [3.05, 3.63) is 29.7 Å². The summed E-state index contributed by atoms with van der Waals surface area (Å²) in [5.41, 5.74) is 0.349.